The van der Waals surface area contributed by atoms with Gasteiger partial charge in [-0.05, 0) is 32.5 Å². The summed E-state index contributed by atoms with van der Waals surface area (Å²) >= 11 is 0. The molecule has 1 aromatic carbocycles. The van der Waals surface area contributed by atoms with E-state index in [1.807, 2.05) is 7.05 Å². The first-order valence-electron chi connectivity index (χ1n) is 6.86. The summed E-state index contributed by atoms with van der Waals surface area (Å²) in [6.07, 6.45) is 2.09. The number of nitrogens with zero attached hydrogens (tertiary/aromatic N) is 2. The van der Waals surface area contributed by atoms with Gasteiger partial charge in [0.05, 0.1) is 11.0 Å². The van der Waals surface area contributed by atoms with Crippen molar-refractivity contribution < 1.29 is 0 Å². The van der Waals surface area contributed by atoms with E-state index < -0.39 is 0 Å². The predicted molar refractivity (Wildman–Crippen MR) is 77.0 cm³/mol. The van der Waals surface area contributed by atoms with Crippen molar-refractivity contribution in [3.8, 4) is 0 Å². The highest BCUT2D eigenvalue weighted by molar-refractivity contribution is 5.76. The summed E-state index contributed by atoms with van der Waals surface area (Å²) in [7, 11) is 2.04. The first-order valence-corrected chi connectivity index (χ1v) is 6.86. The third-order valence-corrected chi connectivity index (χ3v) is 3.79. The number of nitrogens with one attached hydrogen (secondary N) is 1. The number of para-hydroxylation sites is 2. The van der Waals surface area contributed by atoms with Crippen molar-refractivity contribution in [1.82, 2.24) is 14.9 Å². The van der Waals surface area contributed by atoms with Gasteiger partial charge in [0.1, 0.15) is 5.82 Å². The highest BCUT2D eigenvalue weighted by atomic mass is 15.1. The van der Waals surface area contributed by atoms with Crippen molar-refractivity contribution in [2.75, 3.05) is 7.05 Å². The summed E-state index contributed by atoms with van der Waals surface area (Å²) in [5.41, 5.74) is 2.35. The molecule has 0 amide bonds. The molecule has 0 aliphatic rings. The Morgan fingerprint density at radius 3 is 2.61 bits per heavy atom. The van der Waals surface area contributed by atoms with Crippen LogP contribution in [0.2, 0.25) is 0 Å². The van der Waals surface area contributed by atoms with E-state index in [1.165, 1.54) is 11.3 Å². The third-order valence-electron chi connectivity index (χ3n) is 3.79. The average molecular weight is 245 g/mol. The molecule has 98 valence electrons. The zero-order valence-electron chi connectivity index (χ0n) is 11.8. The zero-order valence-corrected chi connectivity index (χ0v) is 11.8. The molecule has 3 nitrogen and oxygen atoms in total. The molecule has 1 N–H and O–H groups in total. The fraction of sp³-hybridized carbons (Fsp3) is 0.533. The van der Waals surface area contributed by atoms with Gasteiger partial charge in [-0.2, -0.15) is 0 Å². The Labute approximate surface area is 109 Å². The summed E-state index contributed by atoms with van der Waals surface area (Å²) in [4.78, 5) is 4.74. The van der Waals surface area contributed by atoms with Gasteiger partial charge in [0.2, 0.25) is 0 Å². The lowest BCUT2D eigenvalue weighted by Gasteiger charge is -2.25. The highest BCUT2D eigenvalue weighted by Crippen LogP contribution is 2.24. The predicted octanol–water partition coefficient (Wildman–Crippen LogP) is 3.16. The smallest absolute Gasteiger partial charge is 0.109 e. The molecule has 18 heavy (non-hydrogen) atoms. The average Bonchev–Trinajstić information content (AvgIpc) is 2.78. The minimum atomic E-state index is 0.419. The molecule has 2 rings (SSSR count). The second-order valence-corrected chi connectivity index (χ2v) is 4.78. The van der Waals surface area contributed by atoms with Crippen molar-refractivity contribution in [2.24, 2.45) is 0 Å². The molecule has 0 aliphatic carbocycles. The number of imidazole rings is 1. The standard InChI is InChI=1S/C15H23N3/c1-5-12(16-4)11(3)18-14-10-8-7-9-13(14)17-15(18)6-2/h7-12,16H,5-6H2,1-4H3. The molecule has 0 bridgehead atoms. The molecule has 3 heteroatoms. The number of rotatable bonds is 5. The molecule has 2 unspecified atom stereocenters. The van der Waals surface area contributed by atoms with Crippen LogP contribution in [0.1, 0.15) is 39.1 Å². The lowest BCUT2D eigenvalue weighted by atomic mass is 10.1. The first-order chi connectivity index (χ1) is 8.72. The van der Waals surface area contributed by atoms with Crippen LogP contribution in [0.15, 0.2) is 24.3 Å². The van der Waals surface area contributed by atoms with E-state index in [1.54, 1.807) is 0 Å². The molecular weight excluding hydrogens is 222 g/mol. The van der Waals surface area contributed by atoms with Gasteiger partial charge in [-0.15, -0.1) is 0 Å². The molecular formula is C15H23N3. The maximum absolute atomic E-state index is 4.74. The van der Waals surface area contributed by atoms with Crippen LogP contribution in [0.25, 0.3) is 11.0 Å². The van der Waals surface area contributed by atoms with E-state index in [0.717, 1.165) is 18.4 Å². The van der Waals surface area contributed by atoms with Gasteiger partial charge >= 0.3 is 0 Å². The largest absolute Gasteiger partial charge is 0.324 e. The minimum absolute atomic E-state index is 0.419. The van der Waals surface area contributed by atoms with Crippen molar-refractivity contribution >= 4 is 11.0 Å². The molecule has 1 aromatic heterocycles. The van der Waals surface area contributed by atoms with Crippen LogP contribution in [0, 0.1) is 0 Å². The summed E-state index contributed by atoms with van der Waals surface area (Å²) in [6.45, 7) is 6.67. The van der Waals surface area contributed by atoms with Crippen molar-refractivity contribution in [1.29, 1.82) is 0 Å². The van der Waals surface area contributed by atoms with Crippen LogP contribution in [0.4, 0.5) is 0 Å². The van der Waals surface area contributed by atoms with E-state index in [0.29, 0.717) is 12.1 Å². The lowest BCUT2D eigenvalue weighted by Crippen LogP contribution is -2.33. The molecule has 0 saturated heterocycles. The van der Waals surface area contributed by atoms with Crippen molar-refractivity contribution in [3.63, 3.8) is 0 Å². The maximum atomic E-state index is 4.74. The number of fused-ring (bicyclic) bond motifs is 1. The fourth-order valence-corrected chi connectivity index (χ4v) is 2.76. The summed E-state index contributed by atoms with van der Waals surface area (Å²) in [6, 6.07) is 9.31. The van der Waals surface area contributed by atoms with Gasteiger partial charge in [0.25, 0.3) is 0 Å². The number of likely N-dealkylation sites (N-methyl/N-ethyl adjacent to an activating group) is 1. The Morgan fingerprint density at radius 2 is 2.00 bits per heavy atom. The van der Waals surface area contributed by atoms with Crippen LogP contribution in [0.3, 0.4) is 0 Å². The highest BCUT2D eigenvalue weighted by Gasteiger charge is 2.20. The van der Waals surface area contributed by atoms with E-state index in [9.17, 15) is 0 Å². The Bertz CT molecular complexity index is 511. The number of benzene rings is 1. The lowest BCUT2D eigenvalue weighted by molar-refractivity contribution is 0.380. The zero-order chi connectivity index (χ0) is 13.1. The van der Waals surface area contributed by atoms with Crippen LogP contribution >= 0.6 is 0 Å². The van der Waals surface area contributed by atoms with E-state index in [4.69, 9.17) is 4.98 Å². The minimum Gasteiger partial charge on any atom is -0.324 e. The monoisotopic (exact) mass is 245 g/mol. The van der Waals surface area contributed by atoms with E-state index in [2.05, 4.69) is 54.9 Å². The van der Waals surface area contributed by atoms with Crippen LogP contribution in [-0.4, -0.2) is 22.6 Å². The maximum Gasteiger partial charge on any atom is 0.109 e. The van der Waals surface area contributed by atoms with Crippen LogP contribution in [0.5, 0.6) is 0 Å². The quantitative estimate of drug-likeness (QED) is 0.877. The van der Waals surface area contributed by atoms with Crippen molar-refractivity contribution in [3.05, 3.63) is 30.1 Å². The van der Waals surface area contributed by atoms with Gasteiger partial charge < -0.3 is 9.88 Å². The number of hydrogen-bond acceptors (Lipinski definition) is 2. The van der Waals surface area contributed by atoms with Gasteiger partial charge in [-0.3, -0.25) is 0 Å². The van der Waals surface area contributed by atoms with Crippen molar-refractivity contribution in [2.45, 2.75) is 45.7 Å². The Morgan fingerprint density at radius 1 is 1.28 bits per heavy atom. The molecule has 0 spiro atoms. The fourth-order valence-electron chi connectivity index (χ4n) is 2.76. The first kappa shape index (κ1) is 13.1. The number of aryl methyl sites for hydroxylation is 1. The topological polar surface area (TPSA) is 29.9 Å². The van der Waals surface area contributed by atoms with E-state index in [-0.39, 0.29) is 0 Å². The molecule has 0 aliphatic heterocycles. The Balaban J connectivity index is 2.53. The second-order valence-electron chi connectivity index (χ2n) is 4.78. The number of hydrogen-bond donors (Lipinski definition) is 1. The van der Waals surface area contributed by atoms with Gasteiger partial charge in [-0.25, -0.2) is 4.98 Å². The Kier molecular flexibility index (Phi) is 4.02. The molecule has 0 fully saturated rings. The number of aromatic nitrogens is 2. The SMILES string of the molecule is CCc1nc2ccccc2n1C(C)C(CC)NC. The molecule has 0 saturated carbocycles. The second kappa shape index (κ2) is 5.53. The normalized spacial score (nSPS) is 14.9. The summed E-state index contributed by atoms with van der Waals surface area (Å²) in [5, 5.41) is 3.41. The summed E-state index contributed by atoms with van der Waals surface area (Å²) in [5.74, 6) is 1.18. The van der Waals surface area contributed by atoms with Gasteiger partial charge in [0, 0.05) is 18.5 Å². The van der Waals surface area contributed by atoms with Crippen LogP contribution < -0.4 is 5.32 Å². The molecule has 2 aromatic rings. The molecule has 2 atom stereocenters. The van der Waals surface area contributed by atoms with Gasteiger partial charge in [0.15, 0.2) is 0 Å². The third kappa shape index (κ3) is 2.15. The summed E-state index contributed by atoms with van der Waals surface area (Å²) < 4.78 is 2.39. The van der Waals surface area contributed by atoms with Crippen LogP contribution in [-0.2, 0) is 6.42 Å². The van der Waals surface area contributed by atoms with Gasteiger partial charge in [-0.1, -0.05) is 26.0 Å². The Hall–Kier alpha value is -1.35. The molecule has 0 radical (unpaired) electrons. The molecule has 1 heterocycles. The van der Waals surface area contributed by atoms with E-state index >= 15 is 0 Å².